The Morgan fingerprint density at radius 1 is 0.511 bits per heavy atom. The van der Waals surface area contributed by atoms with Crippen molar-refractivity contribution in [1.29, 1.82) is 0 Å². The molecule has 0 bridgehead atoms. The van der Waals surface area contributed by atoms with Crippen LogP contribution in [0.25, 0.3) is 0 Å². The highest BCUT2D eigenvalue weighted by molar-refractivity contribution is 7.00. The third-order valence-corrected chi connectivity index (χ3v) is 20.3. The van der Waals surface area contributed by atoms with Gasteiger partial charge in [-0.1, -0.05) is 163 Å². The van der Waals surface area contributed by atoms with Crippen molar-refractivity contribution in [3.63, 3.8) is 0 Å². The standard InChI is InChI=1S/C41H54O3Si3/c1-40(2,3)46(36-22-14-10-15-23-36,37-24-16-11-17-25-37)43-34-30-33(42-45(7,8)9)31-35(32-34)44-47(41(4,5)6,38-26-18-12-19-27-38)39-28-20-13-21-29-39/h10-30,34-35H,31-32H2,1-9H3/t34-,35-/m1/s1. The van der Waals surface area contributed by atoms with Crippen LogP contribution in [0.3, 0.4) is 0 Å². The van der Waals surface area contributed by atoms with Gasteiger partial charge in [-0.15, -0.1) is 0 Å². The summed E-state index contributed by atoms with van der Waals surface area (Å²) in [5, 5.41) is 4.92. The maximum Gasteiger partial charge on any atom is 0.261 e. The molecule has 0 N–H and O–H groups in total. The molecule has 0 aromatic heterocycles. The van der Waals surface area contributed by atoms with Crippen molar-refractivity contribution in [1.82, 2.24) is 0 Å². The molecule has 0 fully saturated rings. The molecule has 47 heavy (non-hydrogen) atoms. The predicted molar refractivity (Wildman–Crippen MR) is 207 cm³/mol. The van der Waals surface area contributed by atoms with Gasteiger partial charge in [-0.2, -0.15) is 0 Å². The lowest BCUT2D eigenvalue weighted by Gasteiger charge is -2.48. The summed E-state index contributed by atoms with van der Waals surface area (Å²) in [6.45, 7) is 20.9. The van der Waals surface area contributed by atoms with Crippen LogP contribution in [0.15, 0.2) is 133 Å². The summed E-state index contributed by atoms with van der Waals surface area (Å²) in [6, 6.07) is 43.8. The van der Waals surface area contributed by atoms with Crippen molar-refractivity contribution in [2.45, 2.75) is 96.3 Å². The molecule has 5 rings (SSSR count). The molecule has 4 aromatic carbocycles. The Bertz CT molecular complexity index is 1520. The fraction of sp³-hybridized carbons (Fsp3) is 0.366. The first kappa shape index (κ1) is 35.3. The highest BCUT2D eigenvalue weighted by atomic mass is 28.4. The molecule has 3 nitrogen and oxygen atoms in total. The zero-order chi connectivity index (χ0) is 33.9. The molecule has 1 aliphatic carbocycles. The molecule has 0 heterocycles. The van der Waals surface area contributed by atoms with Gasteiger partial charge in [0.15, 0.2) is 0 Å². The van der Waals surface area contributed by atoms with E-state index in [1.165, 1.54) is 20.7 Å². The van der Waals surface area contributed by atoms with Crippen LogP contribution in [-0.4, -0.2) is 37.2 Å². The van der Waals surface area contributed by atoms with Crippen molar-refractivity contribution in [3.8, 4) is 0 Å². The lowest BCUT2D eigenvalue weighted by atomic mass is 10.0. The third kappa shape index (κ3) is 7.52. The summed E-state index contributed by atoms with van der Waals surface area (Å²) < 4.78 is 22.3. The van der Waals surface area contributed by atoms with Gasteiger partial charge in [0, 0.05) is 12.8 Å². The molecule has 0 spiro atoms. The first-order valence-electron chi connectivity index (χ1n) is 17.1. The van der Waals surface area contributed by atoms with Crippen LogP contribution in [0.2, 0.25) is 29.7 Å². The molecule has 0 radical (unpaired) electrons. The van der Waals surface area contributed by atoms with Gasteiger partial charge in [0.25, 0.3) is 16.6 Å². The minimum Gasteiger partial charge on any atom is -0.547 e. The molecule has 0 amide bonds. The Morgan fingerprint density at radius 2 is 0.851 bits per heavy atom. The Hall–Kier alpha value is -3.01. The fourth-order valence-corrected chi connectivity index (χ4v) is 17.7. The SMILES string of the molecule is CC(C)(C)[Si](O[C@@H]1CC(O[Si](C)(C)C)=C[C@@H](O[Si](c2ccccc2)(c2ccccc2)C(C)(C)C)C1)(c1ccccc1)c1ccccc1. The van der Waals surface area contributed by atoms with Gasteiger partial charge < -0.3 is 13.3 Å². The number of hydrogen-bond acceptors (Lipinski definition) is 3. The van der Waals surface area contributed by atoms with E-state index in [1.807, 2.05) is 0 Å². The van der Waals surface area contributed by atoms with Crippen LogP contribution in [0.5, 0.6) is 0 Å². The topological polar surface area (TPSA) is 27.7 Å². The van der Waals surface area contributed by atoms with E-state index >= 15 is 0 Å². The van der Waals surface area contributed by atoms with Crippen molar-refractivity contribution in [2.24, 2.45) is 0 Å². The van der Waals surface area contributed by atoms with Crippen LogP contribution in [-0.2, 0) is 13.3 Å². The first-order valence-corrected chi connectivity index (χ1v) is 24.4. The maximum absolute atomic E-state index is 7.77. The van der Waals surface area contributed by atoms with Crippen LogP contribution >= 0.6 is 0 Å². The summed E-state index contributed by atoms with van der Waals surface area (Å²) in [7, 11) is -7.51. The molecule has 0 unspecified atom stereocenters. The number of rotatable bonds is 10. The predicted octanol–water partition coefficient (Wildman–Crippen LogP) is 8.41. The van der Waals surface area contributed by atoms with Crippen molar-refractivity contribution in [2.75, 3.05) is 0 Å². The molecule has 1 aliphatic rings. The van der Waals surface area contributed by atoms with Gasteiger partial charge in [-0.05, 0) is 56.5 Å². The number of benzene rings is 4. The third-order valence-electron chi connectivity index (χ3n) is 9.24. The van der Waals surface area contributed by atoms with Gasteiger partial charge in [0.1, 0.15) is 0 Å². The van der Waals surface area contributed by atoms with Crippen LogP contribution in [0, 0.1) is 0 Å². The minimum absolute atomic E-state index is 0.0686. The summed E-state index contributed by atoms with van der Waals surface area (Å²) >= 11 is 0. The Morgan fingerprint density at radius 3 is 1.17 bits per heavy atom. The maximum atomic E-state index is 7.77. The second-order valence-corrected chi connectivity index (χ2v) is 28.9. The Labute approximate surface area is 287 Å². The van der Waals surface area contributed by atoms with Gasteiger partial charge in [-0.3, -0.25) is 0 Å². The molecule has 6 heteroatoms. The highest BCUT2D eigenvalue weighted by Gasteiger charge is 2.54. The lowest BCUT2D eigenvalue weighted by Crippen LogP contribution is -2.69. The van der Waals surface area contributed by atoms with E-state index in [4.69, 9.17) is 13.3 Å². The zero-order valence-electron chi connectivity index (χ0n) is 29.9. The van der Waals surface area contributed by atoms with Crippen LogP contribution in [0.4, 0.5) is 0 Å². The second kappa shape index (κ2) is 13.8. The van der Waals surface area contributed by atoms with Gasteiger partial charge in [-0.25, -0.2) is 0 Å². The van der Waals surface area contributed by atoms with Crippen molar-refractivity contribution < 1.29 is 13.3 Å². The van der Waals surface area contributed by atoms with E-state index in [0.29, 0.717) is 0 Å². The summed E-state index contributed by atoms with van der Waals surface area (Å²) in [5.41, 5.74) is 0. The van der Waals surface area contributed by atoms with Gasteiger partial charge >= 0.3 is 0 Å². The summed E-state index contributed by atoms with van der Waals surface area (Å²) in [5.74, 6) is 1.02. The molecule has 2 atom stereocenters. The van der Waals surface area contributed by atoms with E-state index in [1.54, 1.807) is 0 Å². The highest BCUT2D eigenvalue weighted by Crippen LogP contribution is 2.42. The van der Waals surface area contributed by atoms with E-state index < -0.39 is 25.0 Å². The normalized spacial score (nSPS) is 18.0. The molecule has 0 saturated carbocycles. The van der Waals surface area contributed by atoms with E-state index in [9.17, 15) is 0 Å². The lowest BCUT2D eigenvalue weighted by molar-refractivity contribution is 0.0965. The largest absolute Gasteiger partial charge is 0.547 e. The van der Waals surface area contributed by atoms with E-state index in [0.717, 1.165) is 18.6 Å². The summed E-state index contributed by atoms with van der Waals surface area (Å²) in [6.07, 6.45) is 3.58. The molecule has 0 aliphatic heterocycles. The average Bonchev–Trinajstić information content (AvgIpc) is 3.02. The van der Waals surface area contributed by atoms with Crippen LogP contribution < -0.4 is 20.7 Å². The van der Waals surface area contributed by atoms with Crippen molar-refractivity contribution >= 4 is 45.7 Å². The molecule has 248 valence electrons. The smallest absolute Gasteiger partial charge is 0.261 e. The monoisotopic (exact) mass is 678 g/mol. The zero-order valence-corrected chi connectivity index (χ0v) is 32.9. The molecule has 0 saturated heterocycles. The Kier molecular flexibility index (Phi) is 10.4. The number of hydrogen-bond donors (Lipinski definition) is 0. The summed E-state index contributed by atoms with van der Waals surface area (Å²) in [4.78, 5) is 0. The van der Waals surface area contributed by atoms with Crippen molar-refractivity contribution in [3.05, 3.63) is 133 Å². The average molecular weight is 679 g/mol. The Balaban J connectivity index is 1.65. The molecule has 4 aromatic rings. The van der Waals surface area contributed by atoms with E-state index in [2.05, 4.69) is 189 Å². The van der Waals surface area contributed by atoms with E-state index in [-0.39, 0.29) is 22.3 Å². The van der Waals surface area contributed by atoms with Gasteiger partial charge in [0.2, 0.25) is 8.32 Å². The first-order chi connectivity index (χ1) is 22.2. The molecular weight excluding hydrogens is 625 g/mol. The minimum atomic E-state index is -2.81. The van der Waals surface area contributed by atoms with Gasteiger partial charge in [0.05, 0.1) is 18.0 Å². The fourth-order valence-electron chi connectivity index (χ4n) is 7.41. The molecular formula is C41H54O3Si3. The second-order valence-electron chi connectivity index (χ2n) is 16.0. The quantitative estimate of drug-likeness (QED) is 0.158. The van der Waals surface area contributed by atoms with Crippen LogP contribution in [0.1, 0.15) is 54.4 Å².